The number of thioether (sulfide) groups is 1. The quantitative estimate of drug-likeness (QED) is 0.305. The summed E-state index contributed by atoms with van der Waals surface area (Å²) >= 11 is 5.91. The minimum Gasteiger partial charge on any atom is -0.465 e. The van der Waals surface area contributed by atoms with E-state index in [1.54, 1.807) is 6.07 Å². The van der Waals surface area contributed by atoms with Crippen LogP contribution in [0.25, 0.3) is 0 Å². The molecule has 0 spiro atoms. The lowest BCUT2D eigenvalue weighted by molar-refractivity contribution is 0.0600. The molecule has 9 heteroatoms. The van der Waals surface area contributed by atoms with E-state index in [-0.39, 0.29) is 38.4 Å². The van der Waals surface area contributed by atoms with Crippen molar-refractivity contribution in [1.82, 2.24) is 0 Å². The largest absolute Gasteiger partial charge is 0.465 e. The van der Waals surface area contributed by atoms with Crippen LogP contribution in [-0.4, -0.2) is 30.7 Å². The summed E-state index contributed by atoms with van der Waals surface area (Å²) in [6, 6.07) is 7.70. The third-order valence-electron chi connectivity index (χ3n) is 3.33. The molecule has 1 atom stereocenters. The van der Waals surface area contributed by atoms with E-state index >= 15 is 0 Å². The molecule has 0 heterocycles. The van der Waals surface area contributed by atoms with E-state index in [0.717, 1.165) is 19.2 Å². The minimum atomic E-state index is -3.25. The number of carbonyl (C=O) groups is 1. The third-order valence-corrected chi connectivity index (χ3v) is 4.78. The lowest BCUT2D eigenvalue weighted by Crippen LogP contribution is -2.13. The molecule has 0 aliphatic rings. The summed E-state index contributed by atoms with van der Waals surface area (Å²) in [5.74, 6) is -1.63. The first-order chi connectivity index (χ1) is 12.3. The van der Waals surface area contributed by atoms with Crippen LogP contribution in [0.15, 0.2) is 41.3 Å². The maximum Gasteiger partial charge on any atom is 0.338 e. The van der Waals surface area contributed by atoms with Crippen LogP contribution >= 0.6 is 23.4 Å². The normalized spacial score (nSPS) is 12.1. The molecule has 2 aromatic rings. The molecule has 0 saturated heterocycles. The number of halogens is 5. The Balaban J connectivity index is 2.49. The van der Waals surface area contributed by atoms with E-state index in [0.29, 0.717) is 0 Å². The molecule has 0 fully saturated rings. The number of alkyl halides is 3. The highest BCUT2D eigenvalue weighted by Crippen LogP contribution is 2.36. The zero-order valence-electron chi connectivity index (χ0n) is 13.2. The van der Waals surface area contributed by atoms with Gasteiger partial charge in [-0.25, -0.2) is 22.4 Å². The summed E-state index contributed by atoms with van der Waals surface area (Å²) in [6.07, 6.45) is -3.25. The highest BCUT2D eigenvalue weighted by Gasteiger charge is 2.24. The van der Waals surface area contributed by atoms with Crippen LogP contribution < -0.4 is 0 Å². The van der Waals surface area contributed by atoms with Crippen molar-refractivity contribution in [3.05, 3.63) is 63.9 Å². The average molecular weight is 406 g/mol. The Labute approximate surface area is 155 Å². The van der Waals surface area contributed by atoms with Crippen LogP contribution in [0, 0.1) is 11.2 Å². The van der Waals surface area contributed by atoms with Crippen molar-refractivity contribution < 1.29 is 27.1 Å². The molecular weight excluding hydrogens is 394 g/mol. The maximum absolute atomic E-state index is 14.3. The van der Waals surface area contributed by atoms with E-state index in [9.17, 15) is 22.4 Å². The fraction of sp³-hybridized carbons (Fsp3) is 0.176. The molecule has 0 radical (unpaired) electrons. The molecule has 2 rings (SSSR count). The summed E-state index contributed by atoms with van der Waals surface area (Å²) in [5.41, 5.74) is -3.16. The van der Waals surface area contributed by atoms with Crippen LogP contribution in [0.1, 0.15) is 21.5 Å². The fourth-order valence-corrected chi connectivity index (χ4v) is 3.10. The zero-order valence-corrected chi connectivity index (χ0v) is 14.8. The van der Waals surface area contributed by atoms with E-state index in [1.165, 1.54) is 18.2 Å². The van der Waals surface area contributed by atoms with Gasteiger partial charge in [0.1, 0.15) is 5.82 Å². The van der Waals surface area contributed by atoms with Gasteiger partial charge in [0.25, 0.3) is 6.43 Å². The first-order valence-corrected chi connectivity index (χ1v) is 8.36. The van der Waals surface area contributed by atoms with Crippen LogP contribution in [0.2, 0.25) is 5.02 Å². The number of nitrogens with one attached hydrogen (secondary N) is 1. The fourth-order valence-electron chi connectivity index (χ4n) is 2.12. The van der Waals surface area contributed by atoms with Gasteiger partial charge in [-0.05, 0) is 18.2 Å². The molecule has 0 aliphatic carbocycles. The van der Waals surface area contributed by atoms with E-state index in [2.05, 4.69) is 4.74 Å². The van der Waals surface area contributed by atoms with Crippen LogP contribution in [-0.2, 0) is 4.74 Å². The second-order valence-electron chi connectivity index (χ2n) is 4.98. The second-order valence-corrected chi connectivity index (χ2v) is 6.51. The molecule has 1 unspecified atom stereocenters. The van der Waals surface area contributed by atoms with Crippen molar-refractivity contribution in [2.75, 3.05) is 7.11 Å². The van der Waals surface area contributed by atoms with Gasteiger partial charge in [-0.2, -0.15) is 0 Å². The number of benzene rings is 2. The summed E-state index contributed by atoms with van der Waals surface area (Å²) < 4.78 is 57.1. The molecule has 1 N–H and O–H groups in total. The van der Waals surface area contributed by atoms with Gasteiger partial charge < -0.3 is 4.74 Å². The first-order valence-electron chi connectivity index (χ1n) is 7.10. The molecule has 2 aromatic carbocycles. The number of carbonyl (C=O) groups excluding carboxylic acids is 1. The van der Waals surface area contributed by atoms with Crippen LogP contribution in [0.5, 0.6) is 0 Å². The number of esters is 1. The van der Waals surface area contributed by atoms with E-state index in [1.807, 2.05) is 0 Å². The van der Waals surface area contributed by atoms with Gasteiger partial charge in [0, 0.05) is 16.0 Å². The number of rotatable bonds is 6. The molecular formula is C17H12ClF4NO2S. The minimum absolute atomic E-state index is 0.0273. The number of methoxy groups -OCH3 is 1. The smallest absolute Gasteiger partial charge is 0.338 e. The van der Waals surface area contributed by atoms with Crippen molar-refractivity contribution >= 4 is 35.0 Å². The first kappa shape index (κ1) is 20.3. The molecule has 0 bridgehead atoms. The number of ether oxygens (including phenoxy) is 1. The molecule has 26 heavy (non-hydrogen) atoms. The lowest BCUT2D eigenvalue weighted by atomic mass is 9.97. The second kappa shape index (κ2) is 8.55. The zero-order chi connectivity index (χ0) is 19.4. The lowest BCUT2D eigenvalue weighted by Gasteiger charge is -2.13. The summed E-state index contributed by atoms with van der Waals surface area (Å²) in [4.78, 5) is 11.7. The summed E-state index contributed by atoms with van der Waals surface area (Å²) in [5, 5.41) is 7.96. The highest BCUT2D eigenvalue weighted by atomic mass is 35.5. The topological polar surface area (TPSA) is 50.2 Å². The number of hydrogen-bond acceptors (Lipinski definition) is 4. The third kappa shape index (κ3) is 4.37. The van der Waals surface area contributed by atoms with Gasteiger partial charge in [-0.3, -0.25) is 5.41 Å². The molecule has 0 aromatic heterocycles. The molecule has 138 valence electrons. The Morgan fingerprint density at radius 3 is 2.35 bits per heavy atom. The Kier molecular flexibility index (Phi) is 6.66. The molecule has 3 nitrogen and oxygen atoms in total. The van der Waals surface area contributed by atoms with Crippen molar-refractivity contribution in [3.63, 3.8) is 0 Å². The average Bonchev–Trinajstić information content (AvgIpc) is 2.62. The Bertz CT molecular complexity index is 848. The Morgan fingerprint density at radius 2 is 1.77 bits per heavy atom. The SMILES string of the molecule is COC(=O)c1ccccc1C(=N)c1cc(SC(F)C(F)F)c(Cl)cc1F. The van der Waals surface area contributed by atoms with E-state index < -0.39 is 29.4 Å². The predicted molar refractivity (Wildman–Crippen MR) is 91.9 cm³/mol. The summed E-state index contributed by atoms with van der Waals surface area (Å²) in [7, 11) is 1.16. The van der Waals surface area contributed by atoms with Crippen molar-refractivity contribution in [2.24, 2.45) is 0 Å². The van der Waals surface area contributed by atoms with Crippen LogP contribution in [0.4, 0.5) is 17.6 Å². The van der Waals surface area contributed by atoms with Crippen LogP contribution in [0.3, 0.4) is 0 Å². The van der Waals surface area contributed by atoms with Crippen molar-refractivity contribution in [3.8, 4) is 0 Å². The molecule has 0 amide bonds. The highest BCUT2D eigenvalue weighted by molar-refractivity contribution is 8.00. The van der Waals surface area contributed by atoms with Gasteiger partial charge in [0.15, 0.2) is 0 Å². The van der Waals surface area contributed by atoms with Gasteiger partial charge in [-0.15, -0.1) is 0 Å². The predicted octanol–water partition coefficient (Wildman–Crippen LogP) is 5.33. The monoisotopic (exact) mass is 405 g/mol. The van der Waals surface area contributed by atoms with Gasteiger partial charge in [0.05, 0.1) is 23.4 Å². The van der Waals surface area contributed by atoms with Crippen molar-refractivity contribution in [1.29, 1.82) is 5.41 Å². The number of hydrogen-bond donors (Lipinski definition) is 1. The summed E-state index contributed by atoms with van der Waals surface area (Å²) in [6.45, 7) is 0. The van der Waals surface area contributed by atoms with Gasteiger partial charge >= 0.3 is 5.97 Å². The Morgan fingerprint density at radius 1 is 1.15 bits per heavy atom. The van der Waals surface area contributed by atoms with Crippen molar-refractivity contribution in [2.45, 2.75) is 16.8 Å². The maximum atomic E-state index is 14.3. The van der Waals surface area contributed by atoms with Gasteiger partial charge in [0.2, 0.25) is 5.50 Å². The Hall–Kier alpha value is -2.06. The molecule has 0 saturated carbocycles. The standard InChI is InChI=1S/C17H12ClF4NO2S/c1-25-17(24)9-5-3-2-4-8(9)14(23)10-6-13(11(18)7-12(10)19)26-16(22)15(20)21/h2-7,15-16,23H,1H3. The van der Waals surface area contributed by atoms with Gasteiger partial charge in [-0.1, -0.05) is 41.6 Å². The van der Waals surface area contributed by atoms with E-state index in [4.69, 9.17) is 17.0 Å². The molecule has 0 aliphatic heterocycles.